The van der Waals surface area contributed by atoms with Gasteiger partial charge in [-0.2, -0.15) is 0 Å². The maximum Gasteiger partial charge on any atom is 0.225 e. The van der Waals surface area contributed by atoms with Crippen molar-refractivity contribution in [2.75, 3.05) is 70.5 Å². The number of aromatic nitrogens is 2. The number of rotatable bonds is 7. The fraction of sp³-hybridized carbons (Fsp3) is 0.800. The molecule has 0 bridgehead atoms. The Bertz CT molecular complexity index is 596. The highest BCUT2D eigenvalue weighted by Crippen LogP contribution is 2.13. The van der Waals surface area contributed by atoms with Crippen LogP contribution >= 0.6 is 0 Å². The van der Waals surface area contributed by atoms with Gasteiger partial charge in [0.25, 0.3) is 0 Å². The van der Waals surface area contributed by atoms with Gasteiger partial charge in [0.05, 0.1) is 37.2 Å². The molecule has 0 saturated carbocycles. The molecule has 3 rings (SSSR count). The zero-order chi connectivity index (χ0) is 20.0. The lowest BCUT2D eigenvalue weighted by Crippen LogP contribution is -2.49. The van der Waals surface area contributed by atoms with Crippen molar-refractivity contribution in [3.8, 4) is 0 Å². The van der Waals surface area contributed by atoms with Gasteiger partial charge in [0.1, 0.15) is 0 Å². The quantitative estimate of drug-likeness (QED) is 0.722. The molecule has 0 aliphatic carbocycles. The summed E-state index contributed by atoms with van der Waals surface area (Å²) in [5, 5.41) is 10.2. The molecule has 0 amide bonds. The van der Waals surface area contributed by atoms with Crippen molar-refractivity contribution in [2.45, 2.75) is 39.0 Å². The third kappa shape index (κ3) is 6.93. The molecule has 0 aromatic carbocycles. The van der Waals surface area contributed by atoms with Gasteiger partial charge in [-0.3, -0.25) is 9.80 Å². The second kappa shape index (κ2) is 9.93. The number of morpholine rings is 1. The van der Waals surface area contributed by atoms with Gasteiger partial charge in [-0.25, -0.2) is 9.97 Å². The molecule has 28 heavy (non-hydrogen) atoms. The number of hydrogen-bond acceptors (Lipinski definition) is 8. The average Bonchev–Trinajstić information content (AvgIpc) is 2.68. The van der Waals surface area contributed by atoms with E-state index < -0.39 is 6.10 Å². The maximum absolute atomic E-state index is 10.2. The number of aliphatic hydroxyl groups is 1. The number of aliphatic hydroxyl groups excluding tert-OH is 1. The van der Waals surface area contributed by atoms with Crippen molar-refractivity contribution in [1.29, 1.82) is 0 Å². The lowest BCUT2D eigenvalue weighted by atomic mass is 10.2. The Hall–Kier alpha value is -1.32. The van der Waals surface area contributed by atoms with Crippen LogP contribution in [0.4, 0.5) is 5.95 Å². The van der Waals surface area contributed by atoms with Crippen LogP contribution in [0.3, 0.4) is 0 Å². The molecule has 8 nitrogen and oxygen atoms in total. The Labute approximate surface area is 168 Å². The SMILES string of the molecule is CC(C)(C)OCC(O)CN1CCN(Cc2ccnc(N3CCOCC3)n2)CC1. The van der Waals surface area contributed by atoms with Crippen LogP contribution in [0.1, 0.15) is 26.5 Å². The molecule has 0 spiro atoms. The van der Waals surface area contributed by atoms with Gasteiger partial charge in [-0.15, -0.1) is 0 Å². The fourth-order valence-electron chi connectivity index (χ4n) is 3.44. The number of piperazine rings is 1. The van der Waals surface area contributed by atoms with Gasteiger partial charge in [0.2, 0.25) is 5.95 Å². The molecule has 0 radical (unpaired) electrons. The van der Waals surface area contributed by atoms with Crippen LogP contribution in [0.2, 0.25) is 0 Å². The molecule has 1 atom stereocenters. The van der Waals surface area contributed by atoms with E-state index in [1.54, 1.807) is 0 Å². The third-order valence-corrected chi connectivity index (χ3v) is 5.02. The molecule has 2 fully saturated rings. The minimum Gasteiger partial charge on any atom is -0.389 e. The molecule has 158 valence electrons. The molecule has 8 heteroatoms. The van der Waals surface area contributed by atoms with Crippen molar-refractivity contribution in [3.05, 3.63) is 18.0 Å². The highest BCUT2D eigenvalue weighted by atomic mass is 16.5. The Kier molecular flexibility index (Phi) is 7.59. The van der Waals surface area contributed by atoms with E-state index >= 15 is 0 Å². The zero-order valence-corrected chi connectivity index (χ0v) is 17.5. The van der Waals surface area contributed by atoms with Crippen molar-refractivity contribution in [2.24, 2.45) is 0 Å². The maximum atomic E-state index is 10.2. The highest BCUT2D eigenvalue weighted by molar-refractivity contribution is 5.30. The third-order valence-electron chi connectivity index (χ3n) is 5.02. The van der Waals surface area contributed by atoms with Gasteiger partial charge in [-0.05, 0) is 26.8 Å². The summed E-state index contributed by atoms with van der Waals surface area (Å²) in [6, 6.07) is 2.00. The summed E-state index contributed by atoms with van der Waals surface area (Å²) in [5.74, 6) is 0.807. The van der Waals surface area contributed by atoms with Crippen LogP contribution in [0.15, 0.2) is 12.3 Å². The first-order valence-electron chi connectivity index (χ1n) is 10.3. The monoisotopic (exact) mass is 393 g/mol. The summed E-state index contributed by atoms with van der Waals surface area (Å²) >= 11 is 0. The predicted molar refractivity (Wildman–Crippen MR) is 108 cm³/mol. The molecule has 2 aliphatic heterocycles. The van der Waals surface area contributed by atoms with Crippen molar-refractivity contribution >= 4 is 5.95 Å². The fourth-order valence-corrected chi connectivity index (χ4v) is 3.44. The van der Waals surface area contributed by atoms with Crippen LogP contribution in [-0.4, -0.2) is 102 Å². The lowest BCUT2D eigenvalue weighted by Gasteiger charge is -2.35. The van der Waals surface area contributed by atoms with Gasteiger partial charge >= 0.3 is 0 Å². The number of β-amino-alcohol motifs (C(OH)–C–C–N with tert-alkyl or cyclic N) is 1. The number of anilines is 1. The molecule has 1 aromatic rings. The minimum absolute atomic E-state index is 0.211. The van der Waals surface area contributed by atoms with E-state index in [0.29, 0.717) is 13.2 Å². The largest absolute Gasteiger partial charge is 0.389 e. The highest BCUT2D eigenvalue weighted by Gasteiger charge is 2.21. The summed E-state index contributed by atoms with van der Waals surface area (Å²) in [4.78, 5) is 16.1. The van der Waals surface area contributed by atoms with E-state index in [1.807, 2.05) is 33.0 Å². The van der Waals surface area contributed by atoms with E-state index in [0.717, 1.165) is 70.7 Å². The summed E-state index contributed by atoms with van der Waals surface area (Å²) in [5.41, 5.74) is 0.848. The molecule has 2 aliphatic rings. The Balaban J connectivity index is 1.42. The Morgan fingerprint density at radius 3 is 2.46 bits per heavy atom. The molecule has 1 N–H and O–H groups in total. The summed E-state index contributed by atoms with van der Waals surface area (Å²) in [6.07, 6.45) is 1.42. The summed E-state index contributed by atoms with van der Waals surface area (Å²) in [6.45, 7) is 15.0. The first-order valence-corrected chi connectivity index (χ1v) is 10.3. The Morgan fingerprint density at radius 2 is 1.79 bits per heavy atom. The van der Waals surface area contributed by atoms with E-state index in [1.165, 1.54) is 0 Å². The molecule has 1 aromatic heterocycles. The van der Waals surface area contributed by atoms with Crippen molar-refractivity contribution in [1.82, 2.24) is 19.8 Å². The number of nitrogens with zero attached hydrogens (tertiary/aromatic N) is 5. The van der Waals surface area contributed by atoms with E-state index in [2.05, 4.69) is 19.7 Å². The van der Waals surface area contributed by atoms with Gasteiger partial charge in [0.15, 0.2) is 0 Å². The standard InChI is InChI=1S/C20H35N5O3/c1-20(2,3)28-16-18(26)15-24-8-6-23(7-9-24)14-17-4-5-21-19(22-17)25-10-12-27-13-11-25/h4-5,18,26H,6-16H2,1-3H3. The van der Waals surface area contributed by atoms with Crippen LogP contribution in [0.5, 0.6) is 0 Å². The topological polar surface area (TPSA) is 74.2 Å². The van der Waals surface area contributed by atoms with Gasteiger partial charge in [0, 0.05) is 58.6 Å². The predicted octanol–water partition coefficient (Wildman–Crippen LogP) is 0.607. The van der Waals surface area contributed by atoms with Crippen LogP contribution in [0.25, 0.3) is 0 Å². The Morgan fingerprint density at radius 1 is 1.11 bits per heavy atom. The molecule has 3 heterocycles. The van der Waals surface area contributed by atoms with Crippen LogP contribution in [-0.2, 0) is 16.0 Å². The van der Waals surface area contributed by atoms with E-state index in [4.69, 9.17) is 14.5 Å². The van der Waals surface area contributed by atoms with Crippen molar-refractivity contribution in [3.63, 3.8) is 0 Å². The zero-order valence-electron chi connectivity index (χ0n) is 17.5. The second-order valence-electron chi connectivity index (χ2n) is 8.60. The summed E-state index contributed by atoms with van der Waals surface area (Å²) < 4.78 is 11.1. The smallest absolute Gasteiger partial charge is 0.225 e. The molecular formula is C20H35N5O3. The molecule has 2 saturated heterocycles. The number of ether oxygens (including phenoxy) is 2. The van der Waals surface area contributed by atoms with Gasteiger partial charge in [-0.1, -0.05) is 0 Å². The minimum atomic E-state index is -0.441. The van der Waals surface area contributed by atoms with Crippen LogP contribution < -0.4 is 4.90 Å². The molecule has 1 unspecified atom stereocenters. The lowest BCUT2D eigenvalue weighted by molar-refractivity contribution is -0.0587. The first kappa shape index (κ1) is 21.4. The molecular weight excluding hydrogens is 358 g/mol. The van der Waals surface area contributed by atoms with Crippen molar-refractivity contribution < 1.29 is 14.6 Å². The second-order valence-corrected chi connectivity index (χ2v) is 8.60. The summed E-state index contributed by atoms with van der Waals surface area (Å²) in [7, 11) is 0. The van der Waals surface area contributed by atoms with Crippen LogP contribution in [0, 0.1) is 0 Å². The van der Waals surface area contributed by atoms with Gasteiger partial charge < -0.3 is 19.5 Å². The van der Waals surface area contributed by atoms with E-state index in [-0.39, 0.29) is 5.60 Å². The average molecular weight is 394 g/mol. The normalized spacial score (nSPS) is 21.1. The van der Waals surface area contributed by atoms with E-state index in [9.17, 15) is 5.11 Å². The number of hydrogen-bond donors (Lipinski definition) is 1. The first-order chi connectivity index (χ1) is 13.4.